The highest BCUT2D eigenvalue weighted by Crippen LogP contribution is 2.23. The number of hydrogen-bond donors (Lipinski definition) is 2. The average Bonchev–Trinajstić information content (AvgIpc) is 2.62. The molecule has 1 amide bonds. The maximum absolute atomic E-state index is 12.4. The lowest BCUT2D eigenvalue weighted by Gasteiger charge is -2.15. The molecule has 1 heterocycles. The van der Waals surface area contributed by atoms with Gasteiger partial charge >= 0.3 is 5.97 Å². The summed E-state index contributed by atoms with van der Waals surface area (Å²) in [6, 6.07) is 6.48. The Labute approximate surface area is 160 Å². The van der Waals surface area contributed by atoms with E-state index in [-0.39, 0.29) is 22.0 Å². The van der Waals surface area contributed by atoms with Crippen LogP contribution in [0.1, 0.15) is 17.3 Å². The molecule has 0 saturated carbocycles. The van der Waals surface area contributed by atoms with Crippen molar-refractivity contribution in [3.05, 3.63) is 47.1 Å². The van der Waals surface area contributed by atoms with Crippen molar-refractivity contribution in [2.75, 3.05) is 12.4 Å². The summed E-state index contributed by atoms with van der Waals surface area (Å²) in [5.74, 6) is -1.30. The quantitative estimate of drug-likeness (QED) is 0.685. The predicted octanol–water partition coefficient (Wildman–Crippen LogP) is 1.57. The summed E-state index contributed by atoms with van der Waals surface area (Å²) in [5.41, 5.74) is -0.187. The molecule has 0 aliphatic rings. The molecule has 144 valence electrons. The number of carbonyl (C=O) groups excluding carboxylic acids is 2. The van der Waals surface area contributed by atoms with E-state index in [0.29, 0.717) is 5.02 Å². The first-order valence-electron chi connectivity index (χ1n) is 7.46. The Bertz CT molecular complexity index is 963. The Hall–Kier alpha value is -2.69. The molecule has 1 unspecified atom stereocenters. The molecule has 27 heavy (non-hydrogen) atoms. The van der Waals surface area contributed by atoms with Gasteiger partial charge in [0.25, 0.3) is 5.91 Å². The van der Waals surface area contributed by atoms with E-state index >= 15 is 0 Å². The van der Waals surface area contributed by atoms with E-state index in [1.54, 1.807) is 0 Å². The maximum Gasteiger partial charge on any atom is 0.342 e. The zero-order valence-electron chi connectivity index (χ0n) is 14.3. The van der Waals surface area contributed by atoms with Gasteiger partial charge in [0.2, 0.25) is 10.0 Å². The molecule has 0 aliphatic carbocycles. The molecular weight excluding hydrogens is 398 g/mol. The van der Waals surface area contributed by atoms with Crippen LogP contribution in [0, 0.1) is 0 Å². The molecule has 0 saturated heterocycles. The van der Waals surface area contributed by atoms with Gasteiger partial charge in [-0.3, -0.25) is 4.79 Å². The van der Waals surface area contributed by atoms with Crippen LogP contribution in [0.15, 0.2) is 41.4 Å². The van der Waals surface area contributed by atoms with Crippen LogP contribution >= 0.6 is 11.6 Å². The van der Waals surface area contributed by atoms with Gasteiger partial charge in [0, 0.05) is 6.20 Å². The molecule has 2 aromatic rings. The third-order valence-corrected chi connectivity index (χ3v) is 4.49. The van der Waals surface area contributed by atoms with Crippen molar-refractivity contribution in [3.63, 3.8) is 0 Å². The summed E-state index contributed by atoms with van der Waals surface area (Å²) in [4.78, 5) is 28.1. The first kappa shape index (κ1) is 20.6. The Morgan fingerprint density at radius 1 is 1.26 bits per heavy atom. The lowest BCUT2D eigenvalue weighted by atomic mass is 10.2. The van der Waals surface area contributed by atoms with E-state index in [1.165, 1.54) is 44.5 Å². The minimum Gasteiger partial charge on any atom is -0.496 e. The van der Waals surface area contributed by atoms with E-state index in [2.05, 4.69) is 10.3 Å². The second-order valence-corrected chi connectivity index (χ2v) is 7.30. The van der Waals surface area contributed by atoms with Crippen molar-refractivity contribution in [3.8, 4) is 5.75 Å². The largest absolute Gasteiger partial charge is 0.496 e. The van der Waals surface area contributed by atoms with Gasteiger partial charge < -0.3 is 14.8 Å². The number of aromatic nitrogens is 1. The second-order valence-electron chi connectivity index (χ2n) is 5.31. The molecule has 1 aromatic carbocycles. The Kier molecular flexibility index (Phi) is 6.37. The molecule has 1 aromatic heterocycles. The van der Waals surface area contributed by atoms with Crippen LogP contribution in [-0.2, 0) is 19.6 Å². The van der Waals surface area contributed by atoms with E-state index in [9.17, 15) is 18.0 Å². The number of pyridine rings is 1. The number of primary sulfonamides is 1. The third kappa shape index (κ3) is 5.39. The molecule has 1 atom stereocenters. The Balaban J connectivity index is 2.15. The highest BCUT2D eigenvalue weighted by atomic mass is 35.5. The molecule has 3 N–H and O–H groups in total. The molecule has 11 heteroatoms. The van der Waals surface area contributed by atoms with Gasteiger partial charge in [0.15, 0.2) is 6.10 Å². The standard InChI is InChI=1S/C16H16ClN3O6S/c1-9(15(21)20-14-6-3-10(17)8-19-14)26-16(22)12-7-11(27(18,23)24)4-5-13(12)25-2/h3-9H,1-2H3,(H2,18,23,24)(H,19,20,21). The maximum atomic E-state index is 12.4. The molecule has 0 bridgehead atoms. The third-order valence-electron chi connectivity index (χ3n) is 3.35. The first-order chi connectivity index (χ1) is 12.6. The summed E-state index contributed by atoms with van der Waals surface area (Å²) in [7, 11) is -2.74. The van der Waals surface area contributed by atoms with Crippen LogP contribution < -0.4 is 15.2 Å². The lowest BCUT2D eigenvalue weighted by molar-refractivity contribution is -0.123. The van der Waals surface area contributed by atoms with Gasteiger partial charge in [-0.15, -0.1) is 0 Å². The van der Waals surface area contributed by atoms with Crippen LogP contribution in [0.4, 0.5) is 5.82 Å². The van der Waals surface area contributed by atoms with Gasteiger partial charge in [-0.25, -0.2) is 23.3 Å². The molecule has 0 fully saturated rings. The molecule has 0 aliphatic heterocycles. The van der Waals surface area contributed by atoms with Crippen LogP contribution in [0.5, 0.6) is 5.75 Å². The summed E-state index contributed by atoms with van der Waals surface area (Å²) in [6.07, 6.45) is 0.148. The van der Waals surface area contributed by atoms with Crippen LogP contribution in [-0.4, -0.2) is 38.5 Å². The summed E-state index contributed by atoms with van der Waals surface area (Å²) in [5, 5.41) is 7.92. The number of nitrogens with zero attached hydrogens (tertiary/aromatic N) is 1. The summed E-state index contributed by atoms with van der Waals surface area (Å²) >= 11 is 5.71. The number of nitrogens with one attached hydrogen (secondary N) is 1. The fourth-order valence-corrected chi connectivity index (χ4v) is 2.63. The number of amides is 1. The Morgan fingerprint density at radius 2 is 1.96 bits per heavy atom. The number of anilines is 1. The van der Waals surface area contributed by atoms with Gasteiger partial charge in [0.1, 0.15) is 17.1 Å². The number of sulfonamides is 1. The van der Waals surface area contributed by atoms with Gasteiger partial charge in [0.05, 0.1) is 17.0 Å². The van der Waals surface area contributed by atoms with Crippen LogP contribution in [0.2, 0.25) is 5.02 Å². The molecule has 0 spiro atoms. The number of methoxy groups -OCH3 is 1. The SMILES string of the molecule is COc1ccc(S(N)(=O)=O)cc1C(=O)OC(C)C(=O)Nc1ccc(Cl)cn1. The van der Waals surface area contributed by atoms with Crippen LogP contribution in [0.3, 0.4) is 0 Å². The molecule has 0 radical (unpaired) electrons. The van der Waals surface area contributed by atoms with E-state index < -0.39 is 28.0 Å². The average molecular weight is 414 g/mol. The number of nitrogens with two attached hydrogens (primary N) is 1. The number of esters is 1. The zero-order valence-corrected chi connectivity index (χ0v) is 15.9. The normalized spacial score (nSPS) is 12.1. The minimum absolute atomic E-state index is 0.0689. The fraction of sp³-hybridized carbons (Fsp3) is 0.188. The Morgan fingerprint density at radius 3 is 2.52 bits per heavy atom. The summed E-state index contributed by atoms with van der Waals surface area (Å²) < 4.78 is 33.0. The van der Waals surface area contributed by atoms with Crippen molar-refractivity contribution in [2.24, 2.45) is 5.14 Å². The fourth-order valence-electron chi connectivity index (χ4n) is 1.98. The number of hydrogen-bond acceptors (Lipinski definition) is 7. The zero-order chi connectivity index (χ0) is 20.2. The highest BCUT2D eigenvalue weighted by Gasteiger charge is 2.23. The monoisotopic (exact) mass is 413 g/mol. The molecule has 9 nitrogen and oxygen atoms in total. The van der Waals surface area contributed by atoms with Crippen molar-refractivity contribution in [1.82, 2.24) is 4.98 Å². The van der Waals surface area contributed by atoms with Crippen molar-refractivity contribution in [1.29, 1.82) is 0 Å². The number of halogens is 1. The topological polar surface area (TPSA) is 138 Å². The van der Waals surface area contributed by atoms with Crippen molar-refractivity contribution >= 4 is 39.3 Å². The second kappa shape index (κ2) is 8.33. The molecular formula is C16H16ClN3O6S. The van der Waals surface area contributed by atoms with Gasteiger partial charge in [-0.1, -0.05) is 11.6 Å². The van der Waals surface area contributed by atoms with Gasteiger partial charge in [-0.05, 0) is 37.3 Å². The smallest absolute Gasteiger partial charge is 0.342 e. The number of ether oxygens (including phenoxy) is 2. The highest BCUT2D eigenvalue weighted by molar-refractivity contribution is 7.89. The van der Waals surface area contributed by atoms with Crippen LogP contribution in [0.25, 0.3) is 0 Å². The van der Waals surface area contributed by atoms with Crippen molar-refractivity contribution in [2.45, 2.75) is 17.9 Å². The lowest BCUT2D eigenvalue weighted by Crippen LogP contribution is -2.30. The van der Waals surface area contributed by atoms with E-state index in [0.717, 1.165) is 6.07 Å². The minimum atomic E-state index is -4.03. The van der Waals surface area contributed by atoms with E-state index in [1.807, 2.05) is 0 Å². The number of benzene rings is 1. The summed E-state index contributed by atoms with van der Waals surface area (Å²) in [6.45, 7) is 1.35. The first-order valence-corrected chi connectivity index (χ1v) is 9.38. The number of carbonyl (C=O) groups is 2. The van der Waals surface area contributed by atoms with E-state index in [4.69, 9.17) is 26.2 Å². The number of rotatable bonds is 6. The van der Waals surface area contributed by atoms with Gasteiger partial charge in [-0.2, -0.15) is 0 Å². The van der Waals surface area contributed by atoms with Crippen molar-refractivity contribution < 1.29 is 27.5 Å². The molecule has 2 rings (SSSR count). The predicted molar refractivity (Wildman–Crippen MR) is 97.1 cm³/mol.